The second-order valence-corrected chi connectivity index (χ2v) is 8.41. The van der Waals surface area contributed by atoms with Gasteiger partial charge in [0.15, 0.2) is 0 Å². The van der Waals surface area contributed by atoms with Gasteiger partial charge < -0.3 is 20.1 Å². The number of benzene rings is 3. The number of nitrogens with one attached hydrogen (secondary N) is 2. The molecule has 1 aliphatic heterocycles. The van der Waals surface area contributed by atoms with Gasteiger partial charge in [-0.25, -0.2) is 4.68 Å². The van der Waals surface area contributed by atoms with Crippen LogP contribution in [-0.2, 0) is 0 Å². The molecule has 8 heteroatoms. The van der Waals surface area contributed by atoms with Crippen LogP contribution in [0.2, 0.25) is 5.02 Å². The lowest BCUT2D eigenvalue weighted by molar-refractivity contribution is 0.102. The fraction of sp³-hybridized carbons (Fsp3) is 0.111. The number of halogens is 1. The standard InChI is InChI=1S/C27H23ClN4O3/c1-34-21-7-3-5-17(13-21)24-15-25(18-6-4-8-22(14-18)35-2)32-26(31-24)23(16-29-32)27(33)30-20-11-9-19(28)10-12-20/h3-16,25,31H,1-2H3,(H,30,33). The van der Waals surface area contributed by atoms with Crippen LogP contribution in [0.1, 0.15) is 27.5 Å². The molecule has 1 unspecified atom stereocenters. The SMILES string of the molecule is COc1cccc(C2=CC(c3cccc(OC)c3)n3ncc(C(=O)Nc4ccc(Cl)cc4)c3N2)c1. The number of methoxy groups -OCH3 is 2. The Morgan fingerprint density at radius 1 is 1.00 bits per heavy atom. The molecule has 2 N–H and O–H groups in total. The molecule has 5 rings (SSSR count). The average molecular weight is 487 g/mol. The maximum Gasteiger partial charge on any atom is 0.261 e. The van der Waals surface area contributed by atoms with Crippen LogP contribution in [0.5, 0.6) is 11.5 Å². The smallest absolute Gasteiger partial charge is 0.261 e. The first-order valence-corrected chi connectivity index (χ1v) is 11.3. The lowest BCUT2D eigenvalue weighted by Crippen LogP contribution is -2.22. The molecule has 0 fully saturated rings. The minimum absolute atomic E-state index is 0.264. The Morgan fingerprint density at radius 3 is 2.46 bits per heavy atom. The quantitative estimate of drug-likeness (QED) is 0.357. The number of anilines is 2. The Bertz CT molecular complexity index is 1410. The predicted molar refractivity (Wildman–Crippen MR) is 137 cm³/mol. The zero-order chi connectivity index (χ0) is 24.4. The van der Waals surface area contributed by atoms with Crippen LogP contribution < -0.4 is 20.1 Å². The van der Waals surface area contributed by atoms with Crippen molar-refractivity contribution in [3.05, 3.63) is 107 Å². The Balaban J connectivity index is 1.57. The summed E-state index contributed by atoms with van der Waals surface area (Å²) in [5, 5.41) is 11.5. The Labute approximate surface area is 207 Å². The van der Waals surface area contributed by atoms with Gasteiger partial charge in [-0.1, -0.05) is 35.9 Å². The number of aromatic nitrogens is 2. The number of allylic oxidation sites excluding steroid dienone is 1. The van der Waals surface area contributed by atoms with Crippen molar-refractivity contribution >= 4 is 34.7 Å². The summed E-state index contributed by atoms with van der Waals surface area (Å²) in [4.78, 5) is 13.2. The first-order chi connectivity index (χ1) is 17.1. The lowest BCUT2D eigenvalue weighted by atomic mass is 10.0. The van der Waals surface area contributed by atoms with Crippen molar-refractivity contribution in [2.24, 2.45) is 0 Å². The van der Waals surface area contributed by atoms with Gasteiger partial charge in [-0.15, -0.1) is 0 Å². The number of rotatable bonds is 6. The van der Waals surface area contributed by atoms with Gasteiger partial charge in [0.05, 0.1) is 26.5 Å². The molecule has 0 bridgehead atoms. The molecular formula is C27H23ClN4O3. The highest BCUT2D eigenvalue weighted by molar-refractivity contribution is 6.30. The van der Waals surface area contributed by atoms with E-state index in [0.717, 1.165) is 28.3 Å². The molecule has 176 valence electrons. The normalized spacial score (nSPS) is 14.4. The van der Waals surface area contributed by atoms with E-state index in [9.17, 15) is 4.79 Å². The molecule has 2 heterocycles. The fourth-order valence-corrected chi connectivity index (χ4v) is 4.14. The first-order valence-electron chi connectivity index (χ1n) is 11.0. The van der Waals surface area contributed by atoms with Gasteiger partial charge in [0.2, 0.25) is 0 Å². The predicted octanol–water partition coefficient (Wildman–Crippen LogP) is 5.86. The molecule has 0 saturated carbocycles. The second kappa shape index (κ2) is 9.56. The molecule has 1 atom stereocenters. The Hall–Kier alpha value is -4.23. The minimum atomic E-state index is -0.280. The second-order valence-electron chi connectivity index (χ2n) is 7.97. The molecule has 1 aliphatic rings. The largest absolute Gasteiger partial charge is 0.497 e. The minimum Gasteiger partial charge on any atom is -0.497 e. The van der Waals surface area contributed by atoms with Gasteiger partial charge in [-0.2, -0.15) is 5.10 Å². The maximum absolute atomic E-state index is 13.2. The number of nitrogens with zero attached hydrogens (tertiary/aromatic N) is 2. The van der Waals surface area contributed by atoms with Gasteiger partial charge in [-0.05, 0) is 60.2 Å². The van der Waals surface area contributed by atoms with Crippen molar-refractivity contribution in [1.82, 2.24) is 9.78 Å². The van der Waals surface area contributed by atoms with Crippen molar-refractivity contribution in [3.63, 3.8) is 0 Å². The van der Waals surface area contributed by atoms with Crippen molar-refractivity contribution in [2.75, 3.05) is 24.9 Å². The van der Waals surface area contributed by atoms with E-state index in [1.54, 1.807) is 49.4 Å². The number of ether oxygens (including phenoxy) is 2. The van der Waals surface area contributed by atoms with Crippen molar-refractivity contribution in [1.29, 1.82) is 0 Å². The number of hydrogen-bond acceptors (Lipinski definition) is 5. The molecule has 7 nitrogen and oxygen atoms in total. The molecular weight excluding hydrogens is 464 g/mol. The van der Waals surface area contributed by atoms with E-state index in [1.807, 2.05) is 48.5 Å². The number of carbonyl (C=O) groups is 1. The van der Waals surface area contributed by atoms with Crippen molar-refractivity contribution in [2.45, 2.75) is 6.04 Å². The van der Waals surface area contributed by atoms with Crippen LogP contribution >= 0.6 is 11.6 Å². The summed E-state index contributed by atoms with van der Waals surface area (Å²) < 4.78 is 12.7. The van der Waals surface area contributed by atoms with Crippen LogP contribution in [0.25, 0.3) is 5.70 Å². The Kier molecular flexibility index (Phi) is 6.16. The summed E-state index contributed by atoms with van der Waals surface area (Å²) >= 11 is 5.97. The van der Waals surface area contributed by atoms with Crippen LogP contribution in [-0.4, -0.2) is 29.9 Å². The highest BCUT2D eigenvalue weighted by Crippen LogP contribution is 2.37. The summed E-state index contributed by atoms with van der Waals surface area (Å²) in [5.41, 5.74) is 3.80. The number of carbonyl (C=O) groups excluding carboxylic acids is 1. The molecule has 1 amide bonds. The van der Waals surface area contributed by atoms with Crippen LogP contribution in [0.3, 0.4) is 0 Å². The molecule has 35 heavy (non-hydrogen) atoms. The summed E-state index contributed by atoms with van der Waals surface area (Å²) in [7, 11) is 3.27. The van der Waals surface area contributed by atoms with E-state index in [4.69, 9.17) is 21.1 Å². The lowest BCUT2D eigenvalue weighted by Gasteiger charge is -2.26. The topological polar surface area (TPSA) is 77.4 Å². The van der Waals surface area contributed by atoms with E-state index in [-0.39, 0.29) is 11.9 Å². The van der Waals surface area contributed by atoms with E-state index >= 15 is 0 Å². The van der Waals surface area contributed by atoms with E-state index in [2.05, 4.69) is 21.8 Å². The number of amides is 1. The van der Waals surface area contributed by atoms with Crippen LogP contribution in [0.15, 0.2) is 85.1 Å². The van der Waals surface area contributed by atoms with Crippen molar-refractivity contribution in [3.8, 4) is 11.5 Å². The van der Waals surface area contributed by atoms with Crippen molar-refractivity contribution < 1.29 is 14.3 Å². The molecule has 0 radical (unpaired) electrons. The van der Waals surface area contributed by atoms with E-state index in [1.165, 1.54) is 0 Å². The number of fused-ring (bicyclic) bond motifs is 1. The molecule has 4 aromatic rings. The monoisotopic (exact) mass is 486 g/mol. The average Bonchev–Trinajstić information content (AvgIpc) is 3.34. The highest BCUT2D eigenvalue weighted by Gasteiger charge is 2.28. The third-order valence-electron chi connectivity index (χ3n) is 5.80. The molecule has 0 spiro atoms. The van der Waals surface area contributed by atoms with Gasteiger partial charge in [0, 0.05) is 22.0 Å². The van der Waals surface area contributed by atoms with Crippen LogP contribution in [0, 0.1) is 0 Å². The molecule has 1 aromatic heterocycles. The van der Waals surface area contributed by atoms with E-state index in [0.29, 0.717) is 22.1 Å². The number of hydrogen-bond donors (Lipinski definition) is 2. The molecule has 3 aromatic carbocycles. The third-order valence-corrected chi connectivity index (χ3v) is 6.05. The third kappa shape index (κ3) is 4.58. The Morgan fingerprint density at radius 2 is 1.71 bits per heavy atom. The molecule has 0 aliphatic carbocycles. The zero-order valence-electron chi connectivity index (χ0n) is 19.2. The summed E-state index contributed by atoms with van der Waals surface area (Å²) in [6.07, 6.45) is 3.65. The van der Waals surface area contributed by atoms with Gasteiger partial charge in [-0.3, -0.25) is 4.79 Å². The fourth-order valence-electron chi connectivity index (χ4n) is 4.02. The van der Waals surface area contributed by atoms with E-state index < -0.39 is 0 Å². The highest BCUT2D eigenvalue weighted by atomic mass is 35.5. The van der Waals surface area contributed by atoms with Gasteiger partial charge in [0.1, 0.15) is 22.9 Å². The zero-order valence-corrected chi connectivity index (χ0v) is 19.9. The summed E-state index contributed by atoms with van der Waals surface area (Å²) in [6.45, 7) is 0. The summed E-state index contributed by atoms with van der Waals surface area (Å²) in [6, 6.07) is 22.3. The maximum atomic E-state index is 13.2. The first kappa shape index (κ1) is 22.6. The van der Waals surface area contributed by atoms with Gasteiger partial charge in [0.25, 0.3) is 5.91 Å². The van der Waals surface area contributed by atoms with Crippen LogP contribution in [0.4, 0.5) is 11.5 Å². The van der Waals surface area contributed by atoms with Gasteiger partial charge >= 0.3 is 0 Å². The summed E-state index contributed by atoms with van der Waals surface area (Å²) in [5.74, 6) is 1.79. The molecule has 0 saturated heterocycles.